The number of aliphatic hydroxyl groups excluding tert-OH is 1. The lowest BCUT2D eigenvalue weighted by Crippen LogP contribution is -2.61. The maximum absolute atomic E-state index is 12.5. The molecule has 0 spiro atoms. The Hall–Kier alpha value is -1.03. The molecule has 2 heterocycles. The highest BCUT2D eigenvalue weighted by Gasteiger charge is 2.52. The molecule has 0 amide bonds. The second kappa shape index (κ2) is 6.70. The normalized spacial score (nSPS) is 33.1. The minimum absolute atomic E-state index is 0.0359. The molecule has 0 radical (unpaired) electrons. The van der Waals surface area contributed by atoms with Gasteiger partial charge in [-0.2, -0.15) is 8.42 Å². The molecule has 2 fully saturated rings. The van der Waals surface area contributed by atoms with Gasteiger partial charge in [0.15, 0.2) is 12.4 Å². The molecule has 2 aliphatic rings. The van der Waals surface area contributed by atoms with E-state index in [0.29, 0.717) is 0 Å². The third-order valence-corrected chi connectivity index (χ3v) is 5.51. The van der Waals surface area contributed by atoms with Crippen LogP contribution in [0.15, 0.2) is 29.2 Å². The summed E-state index contributed by atoms with van der Waals surface area (Å²) < 4.78 is 41.4. The van der Waals surface area contributed by atoms with Crippen LogP contribution in [-0.4, -0.2) is 56.8 Å². The van der Waals surface area contributed by atoms with Crippen molar-refractivity contribution in [3.63, 3.8) is 0 Å². The number of nitrogens with one attached hydrogen (secondary N) is 1. The zero-order valence-corrected chi connectivity index (χ0v) is 14.7. The van der Waals surface area contributed by atoms with Crippen LogP contribution in [-0.2, 0) is 23.8 Å². The van der Waals surface area contributed by atoms with Crippen LogP contribution in [0.4, 0.5) is 0 Å². The summed E-state index contributed by atoms with van der Waals surface area (Å²) in [6.45, 7) is 6.03. The monoisotopic (exact) mass is 357 g/mol. The Labute approximate surface area is 142 Å². The third-order valence-electron chi connectivity index (χ3n) is 4.18. The smallest absolute Gasteiger partial charge is 0.297 e. The van der Waals surface area contributed by atoms with E-state index in [9.17, 15) is 13.5 Å². The molecule has 5 atom stereocenters. The van der Waals surface area contributed by atoms with Crippen molar-refractivity contribution >= 4 is 10.1 Å². The number of ether oxygens (including phenoxy) is 2. The predicted octanol–water partition coefficient (Wildman–Crippen LogP) is 0.552. The van der Waals surface area contributed by atoms with Gasteiger partial charge >= 0.3 is 0 Å². The van der Waals surface area contributed by atoms with Crippen molar-refractivity contribution in [2.45, 2.75) is 62.4 Å². The molecule has 0 unspecified atom stereocenters. The molecule has 2 aliphatic heterocycles. The molecule has 7 nitrogen and oxygen atoms in total. The zero-order valence-electron chi connectivity index (χ0n) is 13.9. The minimum atomic E-state index is -4.03. The Bertz CT molecular complexity index is 674. The molecule has 0 aliphatic carbocycles. The molecular weight excluding hydrogens is 334 g/mol. The van der Waals surface area contributed by atoms with Crippen LogP contribution >= 0.6 is 0 Å². The number of fused-ring (bicyclic) bond motifs is 2. The lowest BCUT2D eigenvalue weighted by Gasteiger charge is -2.38. The average Bonchev–Trinajstić information content (AvgIpc) is 2.95. The molecular formula is C16H23NO6S. The Morgan fingerprint density at radius 1 is 1.29 bits per heavy atom. The van der Waals surface area contributed by atoms with E-state index in [1.807, 2.05) is 20.8 Å². The summed E-state index contributed by atoms with van der Waals surface area (Å²) in [5, 5.41) is 13.8. The molecule has 0 saturated carbocycles. The molecule has 0 aromatic heterocycles. The quantitative estimate of drug-likeness (QED) is 0.743. The van der Waals surface area contributed by atoms with E-state index in [4.69, 9.17) is 13.7 Å². The van der Waals surface area contributed by atoms with Crippen LogP contribution in [0.25, 0.3) is 0 Å². The fourth-order valence-electron chi connectivity index (χ4n) is 2.99. The van der Waals surface area contributed by atoms with Crippen molar-refractivity contribution < 1.29 is 27.2 Å². The van der Waals surface area contributed by atoms with Gasteiger partial charge in [0, 0.05) is 6.04 Å². The number of hydrogen-bond acceptors (Lipinski definition) is 7. The molecule has 1 aromatic carbocycles. The maximum Gasteiger partial charge on any atom is 0.297 e. The Morgan fingerprint density at radius 2 is 1.96 bits per heavy atom. The molecule has 2 saturated heterocycles. The Morgan fingerprint density at radius 3 is 2.58 bits per heavy atom. The van der Waals surface area contributed by atoms with Crippen LogP contribution in [0.1, 0.15) is 19.4 Å². The highest BCUT2D eigenvalue weighted by molar-refractivity contribution is 7.86. The number of aliphatic hydroxyl groups is 1. The van der Waals surface area contributed by atoms with Gasteiger partial charge in [-0.25, -0.2) is 0 Å². The van der Waals surface area contributed by atoms with E-state index in [-0.39, 0.29) is 23.6 Å². The van der Waals surface area contributed by atoms with Crippen molar-refractivity contribution in [3.05, 3.63) is 29.8 Å². The summed E-state index contributed by atoms with van der Waals surface area (Å²) in [4.78, 5) is 0.0359. The Balaban J connectivity index is 1.81. The van der Waals surface area contributed by atoms with Crippen molar-refractivity contribution in [2.75, 3.05) is 6.61 Å². The molecule has 2 N–H and O–H groups in total. The van der Waals surface area contributed by atoms with Crippen molar-refractivity contribution in [1.82, 2.24) is 5.32 Å². The summed E-state index contributed by atoms with van der Waals surface area (Å²) >= 11 is 0. The molecule has 134 valence electrons. The fraction of sp³-hybridized carbons (Fsp3) is 0.625. The summed E-state index contributed by atoms with van der Waals surface area (Å²) in [6.07, 6.45) is -3.39. The average molecular weight is 357 g/mol. The summed E-state index contributed by atoms with van der Waals surface area (Å²) in [6, 6.07) is 5.97. The topological polar surface area (TPSA) is 94.1 Å². The summed E-state index contributed by atoms with van der Waals surface area (Å²) in [7, 11) is -4.03. The van der Waals surface area contributed by atoms with Gasteiger partial charge in [-0.15, -0.1) is 0 Å². The lowest BCUT2D eigenvalue weighted by atomic mass is 9.97. The van der Waals surface area contributed by atoms with Gasteiger partial charge < -0.3 is 19.9 Å². The summed E-state index contributed by atoms with van der Waals surface area (Å²) in [5.74, 6) is 0. The first-order valence-electron chi connectivity index (χ1n) is 7.99. The standard InChI is InChI=1S/C16H23NO6S/c1-9(2)17-13-12-8-21-16(22-12)15(14(13)18)23-24(19,20)11-6-4-10(3)5-7-11/h4-7,9,12-18H,8H2,1-3H3/t12-,13+,14-,15+,16+/m0/s1. The van der Waals surface area contributed by atoms with Crippen molar-refractivity contribution in [2.24, 2.45) is 0 Å². The molecule has 24 heavy (non-hydrogen) atoms. The van der Waals surface area contributed by atoms with E-state index in [1.165, 1.54) is 12.1 Å². The number of rotatable bonds is 5. The van der Waals surface area contributed by atoms with Crippen molar-refractivity contribution in [1.29, 1.82) is 0 Å². The van der Waals surface area contributed by atoms with Crippen molar-refractivity contribution in [3.8, 4) is 0 Å². The van der Waals surface area contributed by atoms with E-state index in [2.05, 4.69) is 5.32 Å². The second-order valence-electron chi connectivity index (χ2n) is 6.54. The first-order chi connectivity index (χ1) is 11.3. The van der Waals surface area contributed by atoms with Crippen LogP contribution in [0.2, 0.25) is 0 Å². The van der Waals surface area contributed by atoms with Crippen LogP contribution in [0, 0.1) is 6.92 Å². The van der Waals surface area contributed by atoms with E-state index < -0.39 is 34.7 Å². The van der Waals surface area contributed by atoms with E-state index in [0.717, 1.165) is 5.56 Å². The lowest BCUT2D eigenvalue weighted by molar-refractivity contribution is -0.193. The van der Waals surface area contributed by atoms with Gasteiger partial charge in [0.05, 0.1) is 17.5 Å². The number of benzene rings is 1. The highest BCUT2D eigenvalue weighted by Crippen LogP contribution is 2.32. The maximum atomic E-state index is 12.5. The zero-order chi connectivity index (χ0) is 17.5. The van der Waals surface area contributed by atoms with Gasteiger partial charge in [-0.05, 0) is 19.1 Å². The van der Waals surface area contributed by atoms with Crippen LogP contribution < -0.4 is 5.32 Å². The SMILES string of the molecule is Cc1ccc(S(=O)(=O)O[C@H]2[C@@H]3OC[C@H](O3)[C@@H](NC(C)C)[C@@H]2O)cc1. The first kappa shape index (κ1) is 17.8. The van der Waals surface area contributed by atoms with Gasteiger partial charge in [-0.3, -0.25) is 4.18 Å². The number of aryl methyl sites for hydroxylation is 1. The third kappa shape index (κ3) is 3.49. The van der Waals surface area contributed by atoms with Crippen LogP contribution in [0.3, 0.4) is 0 Å². The minimum Gasteiger partial charge on any atom is -0.388 e. The molecule has 3 rings (SSSR count). The Kier molecular flexibility index (Phi) is 4.96. The van der Waals surface area contributed by atoms with E-state index >= 15 is 0 Å². The highest BCUT2D eigenvalue weighted by atomic mass is 32.2. The van der Waals surface area contributed by atoms with Gasteiger partial charge in [0.25, 0.3) is 10.1 Å². The molecule has 2 bridgehead atoms. The molecule has 8 heteroatoms. The second-order valence-corrected chi connectivity index (χ2v) is 8.11. The molecule has 1 aromatic rings. The summed E-state index contributed by atoms with van der Waals surface area (Å²) in [5.41, 5.74) is 0.943. The largest absolute Gasteiger partial charge is 0.388 e. The van der Waals surface area contributed by atoms with Crippen LogP contribution in [0.5, 0.6) is 0 Å². The predicted molar refractivity (Wildman–Crippen MR) is 85.9 cm³/mol. The van der Waals surface area contributed by atoms with E-state index in [1.54, 1.807) is 12.1 Å². The van der Waals surface area contributed by atoms with Gasteiger partial charge in [0.1, 0.15) is 12.2 Å². The number of hydrogen-bond donors (Lipinski definition) is 2. The van der Waals surface area contributed by atoms with Gasteiger partial charge in [0.2, 0.25) is 0 Å². The fourth-order valence-corrected chi connectivity index (χ4v) is 4.06. The first-order valence-corrected chi connectivity index (χ1v) is 9.40. The van der Waals surface area contributed by atoms with Gasteiger partial charge in [-0.1, -0.05) is 31.5 Å².